The molecule has 1 aliphatic heterocycles. The van der Waals surface area contributed by atoms with Crippen molar-refractivity contribution in [1.82, 2.24) is 10.7 Å². The molecule has 0 aliphatic carbocycles. The summed E-state index contributed by atoms with van der Waals surface area (Å²) in [4.78, 5) is 25.8. The van der Waals surface area contributed by atoms with Crippen LogP contribution in [-0.2, 0) is 4.79 Å². The first-order valence-corrected chi connectivity index (χ1v) is 10.5. The molecule has 2 N–H and O–H groups in total. The maximum absolute atomic E-state index is 12.9. The number of methoxy groups -OCH3 is 1. The quantitative estimate of drug-likeness (QED) is 0.585. The number of hydrazine groups is 1. The van der Waals surface area contributed by atoms with Crippen molar-refractivity contribution in [1.29, 1.82) is 0 Å². The van der Waals surface area contributed by atoms with Crippen molar-refractivity contribution < 1.29 is 19.0 Å². The van der Waals surface area contributed by atoms with E-state index in [1.807, 2.05) is 61.7 Å². The Morgan fingerprint density at radius 2 is 1.81 bits per heavy atom. The van der Waals surface area contributed by atoms with Gasteiger partial charge < -0.3 is 10.1 Å². The minimum Gasteiger partial charge on any atom is -0.497 e. The maximum atomic E-state index is 12.9. The topological polar surface area (TPSA) is 70.4 Å². The van der Waals surface area contributed by atoms with Gasteiger partial charge in [0.2, 0.25) is 12.3 Å². The number of hydrogen-bond acceptors (Lipinski definition) is 3. The first kappa shape index (κ1) is 21.6. The van der Waals surface area contributed by atoms with Gasteiger partial charge in [-0.3, -0.25) is 9.59 Å². The van der Waals surface area contributed by atoms with Gasteiger partial charge in [0.15, 0.2) is 6.04 Å². The van der Waals surface area contributed by atoms with Crippen LogP contribution in [0.5, 0.6) is 5.75 Å². The third-order valence-electron chi connectivity index (χ3n) is 5.33. The van der Waals surface area contributed by atoms with Crippen LogP contribution in [0.3, 0.4) is 0 Å². The molecule has 1 saturated heterocycles. The molecule has 3 aromatic rings. The number of carbonyl (C=O) groups is 2. The summed E-state index contributed by atoms with van der Waals surface area (Å²) in [6.45, 7) is 2.00. The molecule has 4 rings (SSSR count). The van der Waals surface area contributed by atoms with E-state index in [0.717, 1.165) is 16.7 Å². The van der Waals surface area contributed by atoms with E-state index in [4.69, 9.17) is 16.3 Å². The number of carbonyl (C=O) groups excluding carboxylic acids is 2. The smallest absolute Gasteiger partial charge is 0.304 e. The summed E-state index contributed by atoms with van der Waals surface area (Å²) < 4.78 is 7.03. The van der Waals surface area contributed by atoms with Gasteiger partial charge in [0.25, 0.3) is 5.91 Å². The fourth-order valence-corrected chi connectivity index (χ4v) is 3.78. The summed E-state index contributed by atoms with van der Waals surface area (Å²) in [6.07, 6.45) is 1.83. The van der Waals surface area contributed by atoms with Crippen LogP contribution < -0.4 is 15.5 Å². The third kappa shape index (κ3) is 4.65. The fraction of sp³-hybridized carbons (Fsp3) is 0.160. The lowest BCUT2D eigenvalue weighted by Crippen LogP contribution is -2.42. The van der Waals surface area contributed by atoms with Crippen molar-refractivity contribution in [3.63, 3.8) is 0 Å². The minimum atomic E-state index is -0.789. The van der Waals surface area contributed by atoms with E-state index < -0.39 is 12.1 Å². The summed E-state index contributed by atoms with van der Waals surface area (Å²) in [5.41, 5.74) is 6.17. The van der Waals surface area contributed by atoms with Gasteiger partial charge in [-0.25, -0.2) is 0 Å². The predicted molar refractivity (Wildman–Crippen MR) is 123 cm³/mol. The lowest BCUT2D eigenvalue weighted by Gasteiger charge is -2.15. The summed E-state index contributed by atoms with van der Waals surface area (Å²) in [7, 11) is 1.61. The van der Waals surface area contributed by atoms with Crippen molar-refractivity contribution in [2.24, 2.45) is 0 Å². The highest BCUT2D eigenvalue weighted by molar-refractivity contribution is 6.30. The largest absolute Gasteiger partial charge is 0.497 e. The second kappa shape index (κ2) is 9.24. The number of hydrogen-bond donors (Lipinski definition) is 2. The Morgan fingerprint density at radius 3 is 2.50 bits per heavy atom. The van der Waals surface area contributed by atoms with E-state index in [1.165, 1.54) is 0 Å². The Hall–Kier alpha value is -3.64. The fourth-order valence-electron chi connectivity index (χ4n) is 3.65. The summed E-state index contributed by atoms with van der Waals surface area (Å²) in [5, 5.41) is 3.42. The Morgan fingerprint density at radius 1 is 1.09 bits per heavy atom. The molecule has 3 aromatic carbocycles. The molecule has 0 saturated carbocycles. The van der Waals surface area contributed by atoms with Crippen molar-refractivity contribution in [2.75, 3.05) is 7.11 Å². The van der Waals surface area contributed by atoms with Crippen LogP contribution in [0.2, 0.25) is 5.02 Å². The van der Waals surface area contributed by atoms with Crippen molar-refractivity contribution in [2.45, 2.75) is 19.0 Å². The second-order valence-corrected chi connectivity index (χ2v) is 8.04. The third-order valence-corrected chi connectivity index (χ3v) is 5.58. The Labute approximate surface area is 191 Å². The molecule has 0 bridgehead atoms. The molecule has 32 heavy (non-hydrogen) atoms. The number of aryl methyl sites for hydroxylation is 1. The van der Waals surface area contributed by atoms with E-state index in [1.54, 1.807) is 36.1 Å². The molecule has 1 aliphatic rings. The number of nitrogens with zero attached hydrogens (tertiary/aromatic N) is 1. The number of hydrazone groups is 1. The van der Waals surface area contributed by atoms with E-state index >= 15 is 0 Å². The number of rotatable bonds is 5. The number of amides is 2. The van der Waals surface area contributed by atoms with Gasteiger partial charge in [-0.1, -0.05) is 47.5 Å². The number of halogens is 1. The average molecular weight is 449 g/mol. The van der Waals surface area contributed by atoms with Crippen molar-refractivity contribution >= 4 is 29.6 Å². The molecule has 0 unspecified atom stereocenters. The molecule has 0 radical (unpaired) electrons. The predicted octanol–water partition coefficient (Wildman–Crippen LogP) is 3.67. The van der Waals surface area contributed by atoms with Gasteiger partial charge in [-0.2, -0.15) is 0 Å². The number of nitrogens with one attached hydrogen (secondary N) is 2. The van der Waals surface area contributed by atoms with Gasteiger partial charge in [0, 0.05) is 21.7 Å². The van der Waals surface area contributed by atoms with Crippen LogP contribution in [0.4, 0.5) is 0 Å². The Kier molecular flexibility index (Phi) is 6.23. The molecular weight excluding hydrogens is 426 g/mol. The van der Waals surface area contributed by atoms with Crippen LogP contribution >= 0.6 is 11.6 Å². The Bertz CT molecular complexity index is 1170. The van der Waals surface area contributed by atoms with Gasteiger partial charge in [-0.05, 0) is 49.4 Å². The molecule has 2 amide bonds. The van der Waals surface area contributed by atoms with Gasteiger partial charge in [-0.15, -0.1) is 10.1 Å². The lowest BCUT2D eigenvalue weighted by molar-refractivity contribution is -0.596. The average Bonchev–Trinajstić information content (AvgIpc) is 3.09. The standard InChI is InChI=1S/C25H22ClN3O3/c1-16-6-8-18(9-7-16)23-22(27-24(30)19-10-12-20(26)13-11-19)25(31)28-29(23)15-17-4-3-5-21(14-17)32-2/h3-15,22-23H,1-2H3,(H-,27,28,30,31)/p+1/b29-15-/t22-,23-/m0/s1. The monoisotopic (exact) mass is 448 g/mol. The van der Waals surface area contributed by atoms with Crippen LogP contribution in [0.15, 0.2) is 72.8 Å². The zero-order valence-electron chi connectivity index (χ0n) is 17.7. The molecule has 6 nitrogen and oxygen atoms in total. The maximum Gasteiger partial charge on any atom is 0.304 e. The lowest BCUT2D eigenvalue weighted by atomic mass is 9.98. The normalized spacial score (nSPS) is 19.0. The van der Waals surface area contributed by atoms with Gasteiger partial charge in [0.05, 0.1) is 7.11 Å². The first-order chi connectivity index (χ1) is 15.4. The van der Waals surface area contributed by atoms with Crippen molar-refractivity contribution in [3.05, 3.63) is 100 Å². The molecule has 0 spiro atoms. The highest BCUT2D eigenvalue weighted by Gasteiger charge is 2.47. The summed E-state index contributed by atoms with van der Waals surface area (Å²) in [5.74, 6) is 0.0722. The second-order valence-electron chi connectivity index (χ2n) is 7.60. The van der Waals surface area contributed by atoms with E-state index in [2.05, 4.69) is 10.7 Å². The van der Waals surface area contributed by atoms with Gasteiger partial charge in [0.1, 0.15) is 5.75 Å². The van der Waals surface area contributed by atoms with E-state index in [-0.39, 0.29) is 11.8 Å². The highest BCUT2D eigenvalue weighted by Crippen LogP contribution is 2.26. The van der Waals surface area contributed by atoms with Gasteiger partial charge >= 0.3 is 5.91 Å². The SMILES string of the molecule is COc1cccc(/C=[N+]2\NC(=O)[C@@H](NC(=O)c3ccc(Cl)cc3)[C@@H]2c2ccc(C)cc2)c1. The first-order valence-electron chi connectivity index (χ1n) is 10.2. The van der Waals surface area contributed by atoms with E-state index in [9.17, 15) is 9.59 Å². The Balaban J connectivity index is 1.70. The zero-order valence-corrected chi connectivity index (χ0v) is 18.5. The molecule has 7 heteroatoms. The number of ether oxygens (including phenoxy) is 1. The summed E-state index contributed by atoms with van der Waals surface area (Å²) >= 11 is 5.93. The molecular formula is C25H23ClN3O3+. The zero-order chi connectivity index (χ0) is 22.7. The molecule has 0 aromatic heterocycles. The van der Waals surface area contributed by atoms with Crippen LogP contribution in [0.25, 0.3) is 0 Å². The molecule has 162 valence electrons. The number of benzene rings is 3. The molecule has 1 fully saturated rings. The highest BCUT2D eigenvalue weighted by atomic mass is 35.5. The van der Waals surface area contributed by atoms with Crippen LogP contribution in [-0.4, -0.2) is 35.9 Å². The van der Waals surface area contributed by atoms with Crippen LogP contribution in [0, 0.1) is 6.92 Å². The molecule has 1 heterocycles. The van der Waals surface area contributed by atoms with E-state index in [0.29, 0.717) is 16.3 Å². The minimum absolute atomic E-state index is 0.294. The molecule has 2 atom stereocenters. The van der Waals surface area contributed by atoms with Crippen LogP contribution in [0.1, 0.15) is 33.1 Å². The van der Waals surface area contributed by atoms with Crippen molar-refractivity contribution in [3.8, 4) is 5.75 Å². The summed E-state index contributed by atoms with van der Waals surface area (Å²) in [6, 6.07) is 20.7.